The molecule has 1 amide bonds. The predicted octanol–water partition coefficient (Wildman–Crippen LogP) is 1.69. The Hall–Kier alpha value is -1.95. The van der Waals surface area contributed by atoms with E-state index in [1.54, 1.807) is 11.6 Å². The molecule has 15 heavy (non-hydrogen) atoms. The fraction of sp³-hybridized carbons (Fsp3) is 0. The summed E-state index contributed by atoms with van der Waals surface area (Å²) >= 11 is 1.50. The van der Waals surface area contributed by atoms with E-state index in [0.717, 1.165) is 16.4 Å². The summed E-state index contributed by atoms with van der Waals surface area (Å²) in [4.78, 5) is 15.2. The van der Waals surface area contributed by atoms with Crippen LogP contribution in [0.1, 0.15) is 0 Å². The lowest BCUT2D eigenvalue weighted by Crippen LogP contribution is -2.12. The van der Waals surface area contributed by atoms with E-state index in [4.69, 9.17) is 5.21 Å². The van der Waals surface area contributed by atoms with Crippen LogP contribution >= 0.6 is 11.3 Å². The van der Waals surface area contributed by atoms with Crippen molar-refractivity contribution in [1.82, 2.24) is 4.98 Å². The molecule has 0 atom stereocenters. The van der Waals surface area contributed by atoms with Crippen LogP contribution < -0.4 is 5.32 Å². The molecule has 2 aromatic rings. The number of aromatic nitrogens is 1. The molecule has 5 nitrogen and oxygen atoms in total. The highest BCUT2D eigenvalue weighted by Gasteiger charge is 2.01. The molecule has 76 valence electrons. The topological polar surface area (TPSA) is 74.6 Å². The Bertz CT molecular complexity index is 521. The van der Waals surface area contributed by atoms with Crippen LogP contribution in [-0.2, 0) is 4.79 Å². The Morgan fingerprint density at radius 3 is 3.27 bits per heavy atom. The number of carbonyl (C=O) groups excluding carboxylic acids is 1. The standard InChI is InChI=1S/C9H7N3O2S/c13-9(4-11-14)12-6-1-2-7-8(3-6)15-5-10-7/h1-5,14H,(H,12,13)/b11-4-. The Kier molecular flexibility index (Phi) is 2.59. The van der Waals surface area contributed by atoms with Crippen molar-refractivity contribution < 1.29 is 10.0 Å². The van der Waals surface area contributed by atoms with Crippen molar-refractivity contribution in [3.05, 3.63) is 23.7 Å². The van der Waals surface area contributed by atoms with Crippen molar-refractivity contribution in [2.24, 2.45) is 5.16 Å². The molecule has 0 spiro atoms. The smallest absolute Gasteiger partial charge is 0.270 e. The molecular weight excluding hydrogens is 214 g/mol. The van der Waals surface area contributed by atoms with Crippen molar-refractivity contribution in [3.63, 3.8) is 0 Å². The van der Waals surface area contributed by atoms with E-state index >= 15 is 0 Å². The van der Waals surface area contributed by atoms with E-state index in [-0.39, 0.29) is 0 Å². The zero-order chi connectivity index (χ0) is 10.7. The maximum atomic E-state index is 11.1. The number of hydrogen-bond acceptors (Lipinski definition) is 5. The van der Waals surface area contributed by atoms with Gasteiger partial charge in [-0.05, 0) is 18.2 Å². The van der Waals surface area contributed by atoms with Gasteiger partial charge in [-0.15, -0.1) is 11.3 Å². The molecule has 2 N–H and O–H groups in total. The van der Waals surface area contributed by atoms with Gasteiger partial charge in [0.15, 0.2) is 0 Å². The van der Waals surface area contributed by atoms with Crippen molar-refractivity contribution >= 4 is 39.4 Å². The van der Waals surface area contributed by atoms with E-state index in [1.807, 2.05) is 12.1 Å². The van der Waals surface area contributed by atoms with Crippen LogP contribution in [0.3, 0.4) is 0 Å². The fourth-order valence-corrected chi connectivity index (χ4v) is 1.88. The number of oxime groups is 1. The molecule has 2 rings (SSSR count). The number of amides is 1. The van der Waals surface area contributed by atoms with Crippen LogP contribution in [0.2, 0.25) is 0 Å². The highest BCUT2D eigenvalue weighted by atomic mass is 32.1. The third-order valence-electron chi connectivity index (χ3n) is 1.77. The van der Waals surface area contributed by atoms with Crippen molar-refractivity contribution in [1.29, 1.82) is 0 Å². The summed E-state index contributed by atoms with van der Waals surface area (Å²) in [6.07, 6.45) is 0.802. The molecule has 0 saturated carbocycles. The molecule has 0 aliphatic rings. The number of carbonyl (C=O) groups is 1. The highest BCUT2D eigenvalue weighted by molar-refractivity contribution is 7.16. The molecule has 1 heterocycles. The van der Waals surface area contributed by atoms with Crippen molar-refractivity contribution in [3.8, 4) is 0 Å². The molecule has 0 aliphatic carbocycles. The molecule has 0 fully saturated rings. The minimum atomic E-state index is -0.471. The first-order chi connectivity index (χ1) is 7.29. The van der Waals surface area contributed by atoms with Crippen LogP contribution in [0.4, 0.5) is 5.69 Å². The molecular formula is C9H7N3O2S. The summed E-state index contributed by atoms with van der Waals surface area (Å²) in [5, 5.41) is 13.3. The second-order valence-corrected chi connectivity index (χ2v) is 3.66. The van der Waals surface area contributed by atoms with E-state index in [9.17, 15) is 4.79 Å². The third-order valence-corrected chi connectivity index (χ3v) is 2.57. The molecule has 6 heteroatoms. The minimum Gasteiger partial charge on any atom is -0.411 e. The lowest BCUT2D eigenvalue weighted by molar-refractivity contribution is -0.110. The van der Waals surface area contributed by atoms with Gasteiger partial charge in [-0.2, -0.15) is 0 Å². The molecule has 0 unspecified atom stereocenters. The molecule has 0 radical (unpaired) electrons. The number of nitrogens with one attached hydrogen (secondary N) is 1. The molecule has 0 bridgehead atoms. The van der Waals surface area contributed by atoms with Gasteiger partial charge in [0.1, 0.15) is 6.21 Å². The lowest BCUT2D eigenvalue weighted by Gasteiger charge is -2.00. The van der Waals surface area contributed by atoms with Gasteiger partial charge in [-0.1, -0.05) is 5.16 Å². The molecule has 0 saturated heterocycles. The highest BCUT2D eigenvalue weighted by Crippen LogP contribution is 2.21. The van der Waals surface area contributed by atoms with Crippen molar-refractivity contribution in [2.45, 2.75) is 0 Å². The van der Waals surface area contributed by atoms with Gasteiger partial charge in [0.25, 0.3) is 5.91 Å². The van der Waals surface area contributed by atoms with E-state index in [0.29, 0.717) is 5.69 Å². The third kappa shape index (κ3) is 2.10. The van der Waals surface area contributed by atoms with Gasteiger partial charge < -0.3 is 10.5 Å². The fourth-order valence-electron chi connectivity index (χ4n) is 1.16. The Morgan fingerprint density at radius 1 is 1.60 bits per heavy atom. The van der Waals surface area contributed by atoms with Crippen molar-refractivity contribution in [2.75, 3.05) is 5.32 Å². The summed E-state index contributed by atoms with van der Waals surface area (Å²) in [5.41, 5.74) is 3.29. The average Bonchev–Trinajstić information content (AvgIpc) is 2.65. The zero-order valence-corrected chi connectivity index (χ0v) is 8.36. The summed E-state index contributed by atoms with van der Waals surface area (Å²) in [6.45, 7) is 0. The van der Waals surface area contributed by atoms with Crippen LogP contribution in [0.25, 0.3) is 10.2 Å². The van der Waals surface area contributed by atoms with E-state index in [2.05, 4.69) is 15.5 Å². The Morgan fingerprint density at radius 2 is 2.47 bits per heavy atom. The first kappa shape index (κ1) is 9.60. The lowest BCUT2D eigenvalue weighted by atomic mass is 10.3. The van der Waals surface area contributed by atoms with Crippen LogP contribution in [0, 0.1) is 0 Å². The normalized spacial score (nSPS) is 10.9. The number of fused-ring (bicyclic) bond motifs is 1. The van der Waals surface area contributed by atoms with Crippen LogP contribution in [0.15, 0.2) is 28.9 Å². The second kappa shape index (κ2) is 4.05. The molecule has 1 aromatic heterocycles. The van der Waals surface area contributed by atoms with Gasteiger partial charge in [-0.3, -0.25) is 4.79 Å². The maximum Gasteiger partial charge on any atom is 0.270 e. The molecule has 1 aromatic carbocycles. The number of rotatable bonds is 2. The summed E-state index contributed by atoms with van der Waals surface area (Å²) in [7, 11) is 0. The number of nitrogens with zero attached hydrogens (tertiary/aromatic N) is 2. The summed E-state index contributed by atoms with van der Waals surface area (Å²) in [6, 6.07) is 5.37. The van der Waals surface area contributed by atoms with Gasteiger partial charge in [0.05, 0.1) is 15.7 Å². The van der Waals surface area contributed by atoms with Gasteiger partial charge in [0, 0.05) is 5.69 Å². The second-order valence-electron chi connectivity index (χ2n) is 2.77. The minimum absolute atomic E-state index is 0.471. The SMILES string of the molecule is O=C(/C=N\O)Nc1ccc2ncsc2c1. The van der Waals surface area contributed by atoms with E-state index in [1.165, 1.54) is 11.3 Å². The van der Waals surface area contributed by atoms with Gasteiger partial charge >= 0.3 is 0 Å². The van der Waals surface area contributed by atoms with Crippen LogP contribution in [-0.4, -0.2) is 22.3 Å². The first-order valence-electron chi connectivity index (χ1n) is 4.11. The summed E-state index contributed by atoms with van der Waals surface area (Å²) in [5.74, 6) is -0.471. The largest absolute Gasteiger partial charge is 0.411 e. The Labute approximate surface area is 89.1 Å². The maximum absolute atomic E-state index is 11.1. The first-order valence-corrected chi connectivity index (χ1v) is 4.99. The van der Waals surface area contributed by atoms with Crippen LogP contribution in [0.5, 0.6) is 0 Å². The zero-order valence-electron chi connectivity index (χ0n) is 7.54. The molecule has 0 aliphatic heterocycles. The number of thiazole rings is 1. The predicted molar refractivity (Wildman–Crippen MR) is 58.5 cm³/mol. The monoisotopic (exact) mass is 221 g/mol. The van der Waals surface area contributed by atoms with Gasteiger partial charge in [0.2, 0.25) is 0 Å². The number of benzene rings is 1. The number of anilines is 1. The van der Waals surface area contributed by atoms with E-state index < -0.39 is 5.91 Å². The quantitative estimate of drug-likeness (QED) is 0.460. The summed E-state index contributed by atoms with van der Waals surface area (Å²) < 4.78 is 0.994. The average molecular weight is 221 g/mol. The number of hydrogen-bond donors (Lipinski definition) is 2. The Balaban J connectivity index is 2.24. The van der Waals surface area contributed by atoms with Gasteiger partial charge in [-0.25, -0.2) is 4.98 Å².